The SMILES string of the molecule is CNC(=O)CCc1cc(-c2ccc(-c3ccc(C(F)(F)F)cc3)cc2)n(-c2ccc(-n3cc(CN4CCN(C)CC4)nn3)cc2)n1. The Kier molecular flexibility index (Phi) is 9.00. The molecule has 1 aliphatic rings. The van der Waals surface area contributed by atoms with Crippen LogP contribution in [0.25, 0.3) is 33.8 Å². The molecule has 2 aromatic heterocycles. The maximum absolute atomic E-state index is 13.0. The summed E-state index contributed by atoms with van der Waals surface area (Å²) in [6.07, 6.45) is -1.64. The molecule has 9 nitrogen and oxygen atoms in total. The van der Waals surface area contributed by atoms with Gasteiger partial charge in [-0.25, -0.2) is 9.36 Å². The molecule has 0 spiro atoms. The van der Waals surface area contributed by atoms with Crippen LogP contribution >= 0.6 is 0 Å². The van der Waals surface area contributed by atoms with Crippen LogP contribution < -0.4 is 5.32 Å². The molecule has 1 aliphatic heterocycles. The fourth-order valence-electron chi connectivity index (χ4n) is 5.49. The van der Waals surface area contributed by atoms with Crippen molar-refractivity contribution in [2.75, 3.05) is 40.3 Å². The summed E-state index contributed by atoms with van der Waals surface area (Å²) in [5, 5.41) is 16.2. The summed E-state index contributed by atoms with van der Waals surface area (Å²) in [5.74, 6) is -0.0684. The van der Waals surface area contributed by atoms with Crippen molar-refractivity contribution in [2.24, 2.45) is 0 Å². The molecule has 46 heavy (non-hydrogen) atoms. The van der Waals surface area contributed by atoms with Crippen LogP contribution in [-0.2, 0) is 23.9 Å². The lowest BCUT2D eigenvalue weighted by molar-refractivity contribution is -0.137. The number of amides is 1. The number of halogens is 3. The number of nitrogens with one attached hydrogen (secondary N) is 1. The molecule has 3 aromatic carbocycles. The number of aryl methyl sites for hydroxylation is 1. The lowest BCUT2D eigenvalue weighted by Gasteiger charge is -2.31. The molecule has 238 valence electrons. The second kappa shape index (κ2) is 13.3. The van der Waals surface area contributed by atoms with E-state index in [1.165, 1.54) is 12.1 Å². The molecule has 0 saturated carbocycles. The minimum atomic E-state index is -4.38. The van der Waals surface area contributed by atoms with E-state index in [0.29, 0.717) is 18.4 Å². The van der Waals surface area contributed by atoms with Crippen molar-refractivity contribution in [1.82, 2.24) is 39.9 Å². The van der Waals surface area contributed by atoms with Gasteiger partial charge in [0.15, 0.2) is 0 Å². The summed E-state index contributed by atoms with van der Waals surface area (Å²) in [4.78, 5) is 16.6. The molecule has 5 aromatic rings. The van der Waals surface area contributed by atoms with Crippen LogP contribution in [0.5, 0.6) is 0 Å². The third kappa shape index (κ3) is 7.19. The Morgan fingerprint density at radius 2 is 1.43 bits per heavy atom. The number of alkyl halides is 3. The predicted octanol–water partition coefficient (Wildman–Crippen LogP) is 5.23. The molecule has 12 heteroatoms. The number of hydrogen-bond acceptors (Lipinski definition) is 6. The van der Waals surface area contributed by atoms with E-state index in [-0.39, 0.29) is 5.91 Å². The topological polar surface area (TPSA) is 84.1 Å². The Morgan fingerprint density at radius 3 is 2.07 bits per heavy atom. The molecule has 0 bridgehead atoms. The summed E-state index contributed by atoms with van der Waals surface area (Å²) >= 11 is 0. The maximum atomic E-state index is 13.0. The van der Waals surface area contributed by atoms with Crippen molar-refractivity contribution >= 4 is 5.91 Å². The van der Waals surface area contributed by atoms with Crippen LogP contribution in [0.4, 0.5) is 13.2 Å². The first-order valence-electron chi connectivity index (χ1n) is 15.2. The van der Waals surface area contributed by atoms with Crippen LogP contribution in [0.2, 0.25) is 0 Å². The molecule has 0 unspecified atom stereocenters. The van der Waals surface area contributed by atoms with Gasteiger partial charge < -0.3 is 10.2 Å². The molecule has 1 saturated heterocycles. The fourth-order valence-corrected chi connectivity index (χ4v) is 5.49. The maximum Gasteiger partial charge on any atom is 0.416 e. The second-order valence-corrected chi connectivity index (χ2v) is 11.5. The second-order valence-electron chi connectivity index (χ2n) is 11.5. The zero-order valence-corrected chi connectivity index (χ0v) is 25.7. The van der Waals surface area contributed by atoms with Crippen LogP contribution in [-0.4, -0.2) is 80.8 Å². The van der Waals surface area contributed by atoms with E-state index in [1.54, 1.807) is 11.7 Å². The van der Waals surface area contributed by atoms with E-state index in [2.05, 4.69) is 32.5 Å². The Hall–Kier alpha value is -4.81. The molecule has 0 radical (unpaired) electrons. The van der Waals surface area contributed by atoms with Gasteiger partial charge in [0.1, 0.15) is 0 Å². The van der Waals surface area contributed by atoms with Gasteiger partial charge in [0.25, 0.3) is 0 Å². The zero-order valence-electron chi connectivity index (χ0n) is 25.7. The van der Waals surface area contributed by atoms with Crippen molar-refractivity contribution in [3.63, 3.8) is 0 Å². The highest BCUT2D eigenvalue weighted by molar-refractivity contribution is 5.76. The minimum absolute atomic E-state index is 0.0684. The summed E-state index contributed by atoms with van der Waals surface area (Å²) in [6, 6.07) is 22.6. The lowest BCUT2D eigenvalue weighted by atomic mass is 10.0. The Balaban J connectivity index is 1.24. The number of likely N-dealkylation sites (N-methyl/N-ethyl adjacent to an activating group) is 1. The minimum Gasteiger partial charge on any atom is -0.359 e. The highest BCUT2D eigenvalue weighted by atomic mass is 19.4. The van der Waals surface area contributed by atoms with Crippen molar-refractivity contribution in [3.8, 4) is 33.8 Å². The summed E-state index contributed by atoms with van der Waals surface area (Å²) in [5.41, 5.74) is 5.90. The van der Waals surface area contributed by atoms with Gasteiger partial charge in [0.05, 0.1) is 40.2 Å². The highest BCUT2D eigenvalue weighted by Gasteiger charge is 2.30. The van der Waals surface area contributed by atoms with Gasteiger partial charge >= 0.3 is 6.18 Å². The van der Waals surface area contributed by atoms with E-state index >= 15 is 0 Å². The molecule has 1 amide bonds. The van der Waals surface area contributed by atoms with Crippen molar-refractivity contribution < 1.29 is 18.0 Å². The van der Waals surface area contributed by atoms with Crippen molar-refractivity contribution in [2.45, 2.75) is 25.6 Å². The third-order valence-corrected chi connectivity index (χ3v) is 8.25. The molecule has 1 N–H and O–H groups in total. The molecule has 6 rings (SSSR count). The number of hydrogen-bond donors (Lipinski definition) is 1. The summed E-state index contributed by atoms with van der Waals surface area (Å²) in [7, 11) is 3.74. The normalized spacial score (nSPS) is 14.5. The summed E-state index contributed by atoms with van der Waals surface area (Å²) in [6.45, 7) is 4.86. The molecular weight excluding hydrogens is 593 g/mol. The first-order chi connectivity index (χ1) is 22.2. The highest BCUT2D eigenvalue weighted by Crippen LogP contribution is 2.32. The molecule has 0 atom stereocenters. The van der Waals surface area contributed by atoms with Crippen LogP contribution in [0, 0.1) is 0 Å². The van der Waals surface area contributed by atoms with Crippen LogP contribution in [0.1, 0.15) is 23.4 Å². The van der Waals surface area contributed by atoms with Crippen LogP contribution in [0.15, 0.2) is 85.1 Å². The van der Waals surface area contributed by atoms with Gasteiger partial charge in [0, 0.05) is 58.2 Å². The number of aromatic nitrogens is 5. The van der Waals surface area contributed by atoms with Gasteiger partial charge in [-0.3, -0.25) is 9.69 Å². The lowest BCUT2D eigenvalue weighted by Crippen LogP contribution is -2.43. The van der Waals surface area contributed by atoms with Crippen molar-refractivity contribution in [1.29, 1.82) is 0 Å². The Labute approximate surface area is 265 Å². The van der Waals surface area contributed by atoms with Gasteiger partial charge in [-0.15, -0.1) is 5.10 Å². The van der Waals surface area contributed by atoms with E-state index in [1.807, 2.05) is 65.5 Å². The zero-order chi connectivity index (χ0) is 32.3. The largest absolute Gasteiger partial charge is 0.416 e. The van der Waals surface area contributed by atoms with E-state index in [4.69, 9.17) is 5.10 Å². The Morgan fingerprint density at radius 1 is 0.826 bits per heavy atom. The third-order valence-electron chi connectivity index (χ3n) is 8.25. The summed E-state index contributed by atoms with van der Waals surface area (Å²) < 4.78 is 42.7. The standard InChI is InChI=1S/C34H35F3N8O/c1-38-33(46)16-11-28-21-32(26-5-3-24(4-6-26)25-7-9-27(10-8-25)34(35,36)37)45(40-28)31-14-12-30(13-15-31)44-23-29(39-41-44)22-43-19-17-42(2)18-20-43/h3-10,12-15,21,23H,11,16-20,22H2,1-2H3,(H,38,46). The molecular formula is C34H35F3N8O. The molecule has 3 heterocycles. The fraction of sp³-hybridized carbons (Fsp3) is 0.294. The number of benzene rings is 3. The predicted molar refractivity (Wildman–Crippen MR) is 170 cm³/mol. The molecule has 0 aliphatic carbocycles. The number of carbonyl (C=O) groups is 1. The average Bonchev–Trinajstić information content (AvgIpc) is 3.72. The smallest absolute Gasteiger partial charge is 0.359 e. The quantitative estimate of drug-likeness (QED) is 0.241. The molecule has 1 fully saturated rings. The van der Waals surface area contributed by atoms with E-state index < -0.39 is 11.7 Å². The van der Waals surface area contributed by atoms with Gasteiger partial charge in [-0.1, -0.05) is 41.6 Å². The number of rotatable bonds is 9. The van der Waals surface area contributed by atoms with E-state index in [0.717, 1.165) is 84.4 Å². The Bertz CT molecular complexity index is 1770. The van der Waals surface area contributed by atoms with Crippen LogP contribution in [0.3, 0.4) is 0 Å². The van der Waals surface area contributed by atoms with E-state index in [9.17, 15) is 18.0 Å². The first-order valence-corrected chi connectivity index (χ1v) is 15.2. The van der Waals surface area contributed by atoms with Crippen molar-refractivity contribution in [3.05, 3.63) is 102 Å². The number of piperazine rings is 1. The average molecular weight is 629 g/mol. The first kappa shape index (κ1) is 31.2. The number of carbonyl (C=O) groups excluding carboxylic acids is 1. The number of nitrogens with zero attached hydrogens (tertiary/aromatic N) is 7. The monoisotopic (exact) mass is 628 g/mol. The van der Waals surface area contributed by atoms with Gasteiger partial charge in [-0.2, -0.15) is 18.3 Å². The van der Waals surface area contributed by atoms with Gasteiger partial charge in [0.2, 0.25) is 5.91 Å². The van der Waals surface area contributed by atoms with Gasteiger partial charge in [-0.05, 0) is 60.6 Å².